The van der Waals surface area contributed by atoms with Crippen molar-refractivity contribution in [2.24, 2.45) is 0 Å². The molecule has 0 bridgehead atoms. The van der Waals surface area contributed by atoms with Gasteiger partial charge in [-0.05, 0) is 7.05 Å². The van der Waals surface area contributed by atoms with Crippen LogP contribution >= 0.6 is 11.5 Å². The van der Waals surface area contributed by atoms with Gasteiger partial charge in [0.2, 0.25) is 0 Å². The summed E-state index contributed by atoms with van der Waals surface area (Å²) in [6, 6.07) is -0.302. The average Bonchev–Trinajstić information content (AvgIpc) is 2.86. The number of amides is 3. The number of piperazine rings is 1. The second kappa shape index (κ2) is 6.14. The lowest BCUT2D eigenvalue weighted by Gasteiger charge is -2.32. The summed E-state index contributed by atoms with van der Waals surface area (Å²) in [6.07, 6.45) is 0. The van der Waals surface area contributed by atoms with E-state index in [0.29, 0.717) is 18.1 Å². The van der Waals surface area contributed by atoms with Crippen molar-refractivity contribution in [2.75, 3.05) is 52.6 Å². The van der Waals surface area contributed by atoms with Crippen molar-refractivity contribution in [1.29, 1.82) is 0 Å². The third kappa shape index (κ3) is 3.23. The number of anilines is 1. The van der Waals surface area contributed by atoms with Crippen molar-refractivity contribution in [3.63, 3.8) is 0 Å². The first-order valence-electron chi connectivity index (χ1n) is 6.27. The highest BCUT2D eigenvalue weighted by molar-refractivity contribution is 7.10. The summed E-state index contributed by atoms with van der Waals surface area (Å²) in [4.78, 5) is 29.3. The number of likely N-dealkylation sites (N-methyl/N-ethyl adjacent to an activating group) is 1. The van der Waals surface area contributed by atoms with E-state index in [1.54, 1.807) is 19.0 Å². The van der Waals surface area contributed by atoms with Crippen LogP contribution in [0.4, 0.5) is 9.80 Å². The van der Waals surface area contributed by atoms with Crippen molar-refractivity contribution in [2.45, 2.75) is 0 Å². The van der Waals surface area contributed by atoms with Crippen LogP contribution in [0, 0.1) is 0 Å². The van der Waals surface area contributed by atoms with Crippen molar-refractivity contribution in [3.8, 4) is 0 Å². The van der Waals surface area contributed by atoms with E-state index in [0.717, 1.165) is 24.6 Å². The Hall–Kier alpha value is -1.74. The summed E-state index contributed by atoms with van der Waals surface area (Å²) in [5.41, 5.74) is 0.217. The standard InChI is InChI=1S/C11H18N6O2S/c1-15(2)11(19)12-9-8(13-14-20-9)10(18)17-6-4-16(3)5-7-17/h4-7H2,1-3H3,(H,12,19). The number of carbonyl (C=O) groups is 2. The lowest BCUT2D eigenvalue weighted by atomic mass is 10.3. The van der Waals surface area contributed by atoms with Crippen molar-refractivity contribution >= 4 is 28.5 Å². The lowest BCUT2D eigenvalue weighted by Crippen LogP contribution is -2.47. The van der Waals surface area contributed by atoms with Crippen LogP contribution < -0.4 is 5.32 Å². The summed E-state index contributed by atoms with van der Waals surface area (Å²) in [6.45, 7) is 2.99. The number of urea groups is 1. The van der Waals surface area contributed by atoms with Gasteiger partial charge in [-0.15, -0.1) is 5.10 Å². The third-order valence-electron chi connectivity index (χ3n) is 3.11. The van der Waals surface area contributed by atoms with E-state index in [2.05, 4.69) is 19.8 Å². The number of hydrogen-bond acceptors (Lipinski definition) is 6. The minimum absolute atomic E-state index is 0.180. The topological polar surface area (TPSA) is 81.7 Å². The number of carbonyl (C=O) groups excluding carboxylic acids is 2. The second-order valence-electron chi connectivity index (χ2n) is 4.87. The van der Waals surface area contributed by atoms with Gasteiger partial charge in [0.15, 0.2) is 10.7 Å². The molecule has 2 heterocycles. The van der Waals surface area contributed by atoms with Crippen LogP contribution in [-0.4, -0.2) is 83.5 Å². The molecule has 1 aromatic heterocycles. The summed E-state index contributed by atoms with van der Waals surface area (Å²) < 4.78 is 3.77. The molecule has 3 amide bonds. The van der Waals surface area contributed by atoms with E-state index >= 15 is 0 Å². The van der Waals surface area contributed by atoms with Gasteiger partial charge in [0, 0.05) is 51.8 Å². The van der Waals surface area contributed by atoms with Crippen LogP contribution in [0.5, 0.6) is 0 Å². The molecule has 0 aromatic carbocycles. The Morgan fingerprint density at radius 3 is 2.50 bits per heavy atom. The minimum Gasteiger partial charge on any atom is -0.335 e. The molecule has 1 saturated heterocycles. The van der Waals surface area contributed by atoms with Crippen molar-refractivity contribution < 1.29 is 9.59 Å². The van der Waals surface area contributed by atoms with E-state index < -0.39 is 0 Å². The maximum atomic E-state index is 12.4. The Balaban J connectivity index is 2.07. The molecule has 0 spiro atoms. The molecule has 0 saturated carbocycles. The van der Waals surface area contributed by atoms with Crippen molar-refractivity contribution in [3.05, 3.63) is 5.69 Å². The van der Waals surface area contributed by atoms with Crippen LogP contribution in [-0.2, 0) is 0 Å². The Labute approximate surface area is 121 Å². The molecule has 1 aliphatic rings. The van der Waals surface area contributed by atoms with Gasteiger partial charge < -0.3 is 14.7 Å². The first kappa shape index (κ1) is 14.7. The van der Waals surface area contributed by atoms with Crippen LogP contribution in [0.2, 0.25) is 0 Å². The molecule has 1 aliphatic heterocycles. The van der Waals surface area contributed by atoms with E-state index in [-0.39, 0.29) is 17.6 Å². The third-order valence-corrected chi connectivity index (χ3v) is 3.75. The van der Waals surface area contributed by atoms with Gasteiger partial charge in [-0.3, -0.25) is 10.1 Å². The largest absolute Gasteiger partial charge is 0.335 e. The number of aromatic nitrogens is 2. The highest BCUT2D eigenvalue weighted by Gasteiger charge is 2.26. The van der Waals surface area contributed by atoms with Gasteiger partial charge in [0.1, 0.15) is 0 Å². The monoisotopic (exact) mass is 298 g/mol. The molecular weight excluding hydrogens is 280 g/mol. The number of hydrogen-bond donors (Lipinski definition) is 1. The Morgan fingerprint density at radius 2 is 1.90 bits per heavy atom. The van der Waals surface area contributed by atoms with Crippen LogP contribution in [0.25, 0.3) is 0 Å². The van der Waals surface area contributed by atoms with Gasteiger partial charge >= 0.3 is 6.03 Å². The summed E-state index contributed by atoms with van der Waals surface area (Å²) in [7, 11) is 5.28. The first-order chi connectivity index (χ1) is 9.49. The molecule has 2 rings (SSSR count). The average molecular weight is 298 g/mol. The van der Waals surface area contributed by atoms with E-state index in [4.69, 9.17) is 0 Å². The van der Waals surface area contributed by atoms with E-state index in [1.807, 2.05) is 7.05 Å². The SMILES string of the molecule is CN1CCN(C(=O)c2nnsc2NC(=O)N(C)C)CC1. The highest BCUT2D eigenvalue weighted by Crippen LogP contribution is 2.20. The molecule has 9 heteroatoms. The predicted octanol–water partition coefficient (Wildman–Crippen LogP) is 0.0192. The van der Waals surface area contributed by atoms with Crippen LogP contribution in [0.3, 0.4) is 0 Å². The summed E-state index contributed by atoms with van der Waals surface area (Å²) in [5, 5.41) is 6.89. The van der Waals surface area contributed by atoms with E-state index in [1.165, 1.54) is 4.90 Å². The molecule has 0 aliphatic carbocycles. The fourth-order valence-electron chi connectivity index (χ4n) is 1.78. The van der Waals surface area contributed by atoms with Gasteiger partial charge in [-0.2, -0.15) is 0 Å². The number of nitrogens with one attached hydrogen (secondary N) is 1. The fraction of sp³-hybridized carbons (Fsp3) is 0.636. The predicted molar refractivity (Wildman–Crippen MR) is 76.0 cm³/mol. The zero-order chi connectivity index (χ0) is 14.7. The van der Waals surface area contributed by atoms with Gasteiger partial charge in [-0.25, -0.2) is 4.79 Å². The fourth-order valence-corrected chi connectivity index (χ4v) is 2.33. The second-order valence-corrected chi connectivity index (χ2v) is 5.62. The quantitative estimate of drug-likeness (QED) is 0.832. The lowest BCUT2D eigenvalue weighted by molar-refractivity contribution is 0.0659. The molecule has 8 nitrogen and oxygen atoms in total. The smallest absolute Gasteiger partial charge is 0.322 e. The normalized spacial score (nSPS) is 16.1. The molecule has 1 aromatic rings. The Kier molecular flexibility index (Phi) is 4.50. The molecule has 110 valence electrons. The summed E-state index contributed by atoms with van der Waals surface area (Å²) >= 11 is 1.01. The number of nitrogens with zero attached hydrogens (tertiary/aromatic N) is 5. The Morgan fingerprint density at radius 1 is 1.25 bits per heavy atom. The van der Waals surface area contributed by atoms with Gasteiger partial charge in [0.05, 0.1) is 0 Å². The maximum absolute atomic E-state index is 12.4. The van der Waals surface area contributed by atoms with E-state index in [9.17, 15) is 9.59 Å². The van der Waals surface area contributed by atoms with Gasteiger partial charge in [-0.1, -0.05) is 4.49 Å². The minimum atomic E-state index is -0.302. The molecule has 0 atom stereocenters. The van der Waals surface area contributed by atoms with Crippen molar-refractivity contribution in [1.82, 2.24) is 24.3 Å². The molecule has 0 radical (unpaired) electrons. The molecule has 1 fully saturated rings. The number of rotatable bonds is 2. The maximum Gasteiger partial charge on any atom is 0.322 e. The first-order valence-corrected chi connectivity index (χ1v) is 7.05. The van der Waals surface area contributed by atoms with Crippen LogP contribution in [0.1, 0.15) is 10.5 Å². The highest BCUT2D eigenvalue weighted by atomic mass is 32.1. The summed E-state index contributed by atoms with van der Waals surface area (Å²) in [5.74, 6) is -0.180. The molecule has 1 N–H and O–H groups in total. The molecule has 20 heavy (non-hydrogen) atoms. The van der Waals surface area contributed by atoms with Crippen LogP contribution in [0.15, 0.2) is 0 Å². The Bertz CT molecular complexity index is 495. The zero-order valence-electron chi connectivity index (χ0n) is 11.8. The zero-order valence-corrected chi connectivity index (χ0v) is 12.6. The van der Waals surface area contributed by atoms with Gasteiger partial charge in [0.25, 0.3) is 5.91 Å². The molecular formula is C11H18N6O2S. The molecule has 0 unspecified atom stereocenters.